The Morgan fingerprint density at radius 3 is 2.57 bits per heavy atom. The van der Waals surface area contributed by atoms with E-state index in [1.165, 1.54) is 25.3 Å². The van der Waals surface area contributed by atoms with Crippen LogP contribution < -0.4 is 4.74 Å². The standard InChI is InChI=1S/C10H8F2O2/c1-14-8-5-4-7(3-2-6-13)9(11)10(8)12/h2-6H,1H3. The molecule has 0 aliphatic heterocycles. The highest BCUT2D eigenvalue weighted by Gasteiger charge is 2.11. The lowest BCUT2D eigenvalue weighted by Gasteiger charge is -2.03. The molecule has 0 N–H and O–H groups in total. The topological polar surface area (TPSA) is 26.3 Å². The number of halogens is 2. The number of ether oxygens (including phenoxy) is 1. The molecule has 1 rings (SSSR count). The van der Waals surface area contributed by atoms with E-state index in [4.69, 9.17) is 0 Å². The fourth-order valence-corrected chi connectivity index (χ4v) is 0.976. The zero-order chi connectivity index (χ0) is 10.6. The Bertz CT molecular complexity index is 373. The van der Waals surface area contributed by atoms with Gasteiger partial charge in [0, 0.05) is 5.56 Å². The molecule has 14 heavy (non-hydrogen) atoms. The molecule has 74 valence electrons. The fraction of sp³-hybridized carbons (Fsp3) is 0.100. The van der Waals surface area contributed by atoms with E-state index in [0.717, 1.165) is 6.08 Å². The molecule has 0 fully saturated rings. The molecule has 0 aliphatic rings. The van der Waals surface area contributed by atoms with E-state index in [2.05, 4.69) is 4.74 Å². The van der Waals surface area contributed by atoms with Gasteiger partial charge in [-0.1, -0.05) is 0 Å². The zero-order valence-corrected chi connectivity index (χ0v) is 7.46. The minimum atomic E-state index is -1.06. The predicted octanol–water partition coefficient (Wildman–Crippen LogP) is 2.19. The third-order valence-electron chi connectivity index (χ3n) is 1.65. The average Bonchev–Trinajstić information content (AvgIpc) is 2.20. The molecule has 0 radical (unpaired) electrons. The average molecular weight is 198 g/mol. The van der Waals surface area contributed by atoms with Gasteiger partial charge < -0.3 is 4.74 Å². The molecule has 4 heteroatoms. The van der Waals surface area contributed by atoms with Crippen molar-refractivity contribution in [3.63, 3.8) is 0 Å². The summed E-state index contributed by atoms with van der Waals surface area (Å²) in [4.78, 5) is 9.97. The van der Waals surface area contributed by atoms with Crippen molar-refractivity contribution in [1.82, 2.24) is 0 Å². The molecular weight excluding hydrogens is 190 g/mol. The van der Waals surface area contributed by atoms with Crippen LogP contribution in [0.25, 0.3) is 6.08 Å². The summed E-state index contributed by atoms with van der Waals surface area (Å²) in [7, 11) is 1.25. The van der Waals surface area contributed by atoms with Crippen LogP contribution in [0.5, 0.6) is 5.75 Å². The van der Waals surface area contributed by atoms with Crippen LogP contribution in [0.2, 0.25) is 0 Å². The van der Waals surface area contributed by atoms with Crippen LogP contribution in [0.3, 0.4) is 0 Å². The van der Waals surface area contributed by atoms with E-state index in [1.54, 1.807) is 0 Å². The second-order valence-corrected chi connectivity index (χ2v) is 2.48. The van der Waals surface area contributed by atoms with Crippen molar-refractivity contribution < 1.29 is 18.3 Å². The molecule has 0 spiro atoms. The predicted molar refractivity (Wildman–Crippen MR) is 48.0 cm³/mol. The lowest BCUT2D eigenvalue weighted by molar-refractivity contribution is -0.104. The van der Waals surface area contributed by atoms with Crippen LogP contribution in [0.1, 0.15) is 5.56 Å². The SMILES string of the molecule is COc1ccc(C=CC=O)c(F)c1F. The third kappa shape index (κ3) is 1.96. The molecular formula is C10H8F2O2. The molecule has 0 aromatic heterocycles. The number of benzene rings is 1. The molecule has 0 amide bonds. The summed E-state index contributed by atoms with van der Waals surface area (Å²) in [6.07, 6.45) is 2.76. The van der Waals surface area contributed by atoms with E-state index in [1.807, 2.05) is 0 Å². The van der Waals surface area contributed by atoms with Crippen molar-refractivity contribution in [2.75, 3.05) is 7.11 Å². The molecule has 0 aliphatic carbocycles. The Hall–Kier alpha value is -1.71. The first kappa shape index (κ1) is 10.4. The van der Waals surface area contributed by atoms with Crippen molar-refractivity contribution >= 4 is 12.4 Å². The van der Waals surface area contributed by atoms with Gasteiger partial charge >= 0.3 is 0 Å². The molecule has 0 saturated carbocycles. The van der Waals surface area contributed by atoms with Gasteiger partial charge in [0.05, 0.1) is 7.11 Å². The van der Waals surface area contributed by atoms with Crippen molar-refractivity contribution in [2.24, 2.45) is 0 Å². The van der Waals surface area contributed by atoms with Gasteiger partial charge in [-0.2, -0.15) is 4.39 Å². The molecule has 0 heterocycles. The highest BCUT2D eigenvalue weighted by Crippen LogP contribution is 2.22. The number of aldehydes is 1. The molecule has 0 unspecified atom stereocenters. The number of allylic oxidation sites excluding steroid dienone is 1. The van der Waals surface area contributed by atoms with Gasteiger partial charge in [-0.25, -0.2) is 4.39 Å². The molecule has 1 aromatic rings. The van der Waals surface area contributed by atoms with Gasteiger partial charge in [0.2, 0.25) is 5.82 Å². The minimum Gasteiger partial charge on any atom is -0.494 e. The maximum atomic E-state index is 13.2. The maximum Gasteiger partial charge on any atom is 0.201 e. The van der Waals surface area contributed by atoms with Crippen LogP contribution in [0.4, 0.5) is 8.78 Å². The lowest BCUT2D eigenvalue weighted by atomic mass is 10.2. The highest BCUT2D eigenvalue weighted by atomic mass is 19.2. The van der Waals surface area contributed by atoms with Gasteiger partial charge in [0.25, 0.3) is 0 Å². The molecule has 2 nitrogen and oxygen atoms in total. The fourth-order valence-electron chi connectivity index (χ4n) is 0.976. The largest absolute Gasteiger partial charge is 0.494 e. The van der Waals surface area contributed by atoms with Crippen molar-refractivity contribution in [1.29, 1.82) is 0 Å². The van der Waals surface area contributed by atoms with Crippen molar-refractivity contribution in [2.45, 2.75) is 0 Å². The lowest BCUT2D eigenvalue weighted by Crippen LogP contribution is -1.94. The van der Waals surface area contributed by atoms with Gasteiger partial charge in [-0.15, -0.1) is 0 Å². The third-order valence-corrected chi connectivity index (χ3v) is 1.65. The van der Waals surface area contributed by atoms with Crippen molar-refractivity contribution in [3.8, 4) is 5.75 Å². The number of carbonyl (C=O) groups excluding carboxylic acids is 1. The van der Waals surface area contributed by atoms with E-state index in [-0.39, 0.29) is 11.3 Å². The summed E-state index contributed by atoms with van der Waals surface area (Å²) < 4.78 is 30.8. The van der Waals surface area contributed by atoms with E-state index < -0.39 is 11.6 Å². The Labute approximate surface area is 79.8 Å². The van der Waals surface area contributed by atoms with Crippen LogP contribution >= 0.6 is 0 Å². The molecule has 1 aromatic carbocycles. The molecule has 0 bridgehead atoms. The minimum absolute atomic E-state index is 0.00963. The van der Waals surface area contributed by atoms with Crippen LogP contribution in [-0.4, -0.2) is 13.4 Å². The van der Waals surface area contributed by atoms with Gasteiger partial charge in [0.1, 0.15) is 6.29 Å². The number of hydrogen-bond donors (Lipinski definition) is 0. The number of methoxy groups -OCH3 is 1. The molecule has 0 saturated heterocycles. The van der Waals surface area contributed by atoms with Gasteiger partial charge in [0.15, 0.2) is 11.6 Å². The second-order valence-electron chi connectivity index (χ2n) is 2.48. The Morgan fingerprint density at radius 1 is 1.29 bits per heavy atom. The Morgan fingerprint density at radius 2 is 2.00 bits per heavy atom. The van der Waals surface area contributed by atoms with Crippen LogP contribution in [-0.2, 0) is 4.79 Å². The normalized spacial score (nSPS) is 10.5. The number of rotatable bonds is 3. The first-order valence-electron chi connectivity index (χ1n) is 3.84. The smallest absolute Gasteiger partial charge is 0.201 e. The van der Waals surface area contributed by atoms with E-state index in [9.17, 15) is 13.6 Å². The van der Waals surface area contributed by atoms with E-state index in [0.29, 0.717) is 6.29 Å². The number of hydrogen-bond acceptors (Lipinski definition) is 2. The summed E-state index contributed by atoms with van der Waals surface area (Å²) in [5.74, 6) is -2.24. The second kappa shape index (κ2) is 4.50. The Kier molecular flexibility index (Phi) is 3.34. The summed E-state index contributed by atoms with van der Waals surface area (Å²) >= 11 is 0. The number of carbonyl (C=O) groups is 1. The van der Waals surface area contributed by atoms with Gasteiger partial charge in [-0.05, 0) is 24.3 Å². The van der Waals surface area contributed by atoms with E-state index >= 15 is 0 Å². The maximum absolute atomic E-state index is 13.2. The van der Waals surface area contributed by atoms with Crippen molar-refractivity contribution in [3.05, 3.63) is 35.4 Å². The first-order valence-corrected chi connectivity index (χ1v) is 3.84. The summed E-state index contributed by atoms with van der Waals surface area (Å²) in [5, 5.41) is 0. The summed E-state index contributed by atoms with van der Waals surface area (Å²) in [5.41, 5.74) is 0.00963. The molecule has 0 atom stereocenters. The van der Waals surface area contributed by atoms with Crippen LogP contribution in [0, 0.1) is 11.6 Å². The monoisotopic (exact) mass is 198 g/mol. The zero-order valence-electron chi connectivity index (χ0n) is 7.46. The van der Waals surface area contributed by atoms with Gasteiger partial charge in [-0.3, -0.25) is 4.79 Å². The summed E-state index contributed by atoms with van der Waals surface area (Å²) in [6.45, 7) is 0. The highest BCUT2D eigenvalue weighted by molar-refractivity contribution is 5.74. The Balaban J connectivity index is 3.16. The first-order chi connectivity index (χ1) is 6.70. The summed E-state index contributed by atoms with van der Waals surface area (Å²) in [6, 6.07) is 2.63. The van der Waals surface area contributed by atoms with Crippen LogP contribution in [0.15, 0.2) is 18.2 Å². The quantitative estimate of drug-likeness (QED) is 0.549.